The van der Waals surface area contributed by atoms with Crippen molar-refractivity contribution in [2.24, 2.45) is 0 Å². The van der Waals surface area contributed by atoms with Crippen molar-refractivity contribution in [1.82, 2.24) is 0 Å². The van der Waals surface area contributed by atoms with Crippen LogP contribution in [0.3, 0.4) is 0 Å². The van der Waals surface area contributed by atoms with Gasteiger partial charge in [0.05, 0.1) is 0 Å². The number of nitrogens with two attached hydrogens (primary N) is 1. The molecule has 0 fully saturated rings. The summed E-state index contributed by atoms with van der Waals surface area (Å²) in [5.74, 6) is 1.78. The lowest BCUT2D eigenvalue weighted by atomic mass is 9.92. The summed E-state index contributed by atoms with van der Waals surface area (Å²) in [4.78, 5) is 0. The van der Waals surface area contributed by atoms with Crippen LogP contribution in [-0.2, 0) is 12.8 Å². The van der Waals surface area contributed by atoms with Crippen LogP contribution in [0.25, 0.3) is 0 Å². The summed E-state index contributed by atoms with van der Waals surface area (Å²) >= 11 is 0. The van der Waals surface area contributed by atoms with Crippen LogP contribution >= 0.6 is 0 Å². The Balaban J connectivity index is 1.49. The predicted octanol–water partition coefficient (Wildman–Crippen LogP) is 3.91. The van der Waals surface area contributed by atoms with Crippen molar-refractivity contribution in [2.45, 2.75) is 32.6 Å². The summed E-state index contributed by atoms with van der Waals surface area (Å²) < 4.78 is 11.5. The minimum atomic E-state index is 0.528. The van der Waals surface area contributed by atoms with Crippen LogP contribution in [0, 0.1) is 6.92 Å². The molecule has 3 rings (SSSR count). The van der Waals surface area contributed by atoms with Crippen molar-refractivity contribution in [3.05, 3.63) is 53.1 Å². The van der Waals surface area contributed by atoms with Crippen LogP contribution in [0.2, 0.25) is 0 Å². The van der Waals surface area contributed by atoms with Crippen LogP contribution in [0.15, 0.2) is 36.4 Å². The first-order chi connectivity index (χ1) is 10.7. The molecule has 2 N–H and O–H groups in total. The highest BCUT2D eigenvalue weighted by Crippen LogP contribution is 2.25. The molecule has 0 heterocycles. The van der Waals surface area contributed by atoms with E-state index in [2.05, 4.69) is 18.2 Å². The molecule has 0 unspecified atom stereocenters. The average Bonchev–Trinajstić information content (AvgIpc) is 2.54. The van der Waals surface area contributed by atoms with E-state index in [9.17, 15) is 0 Å². The molecule has 3 heteroatoms. The normalized spacial score (nSPS) is 13.5. The van der Waals surface area contributed by atoms with Gasteiger partial charge in [-0.3, -0.25) is 0 Å². The topological polar surface area (TPSA) is 44.5 Å². The minimum absolute atomic E-state index is 0.528. The largest absolute Gasteiger partial charge is 0.490 e. The fourth-order valence-electron chi connectivity index (χ4n) is 2.86. The van der Waals surface area contributed by atoms with Gasteiger partial charge in [0.15, 0.2) is 0 Å². The quantitative estimate of drug-likeness (QED) is 0.672. The molecular weight excluding hydrogens is 274 g/mol. The first-order valence-electron chi connectivity index (χ1n) is 7.96. The second kappa shape index (κ2) is 6.73. The average molecular weight is 297 g/mol. The smallest absolute Gasteiger partial charge is 0.122 e. The molecule has 0 atom stereocenters. The highest BCUT2D eigenvalue weighted by atomic mass is 16.5. The summed E-state index contributed by atoms with van der Waals surface area (Å²) in [5, 5.41) is 0. The van der Waals surface area contributed by atoms with Gasteiger partial charge in [0.1, 0.15) is 24.7 Å². The van der Waals surface area contributed by atoms with Crippen molar-refractivity contribution < 1.29 is 9.47 Å². The lowest BCUT2D eigenvalue weighted by Crippen LogP contribution is -2.10. The van der Waals surface area contributed by atoms with Gasteiger partial charge in [0.2, 0.25) is 0 Å². The van der Waals surface area contributed by atoms with E-state index < -0.39 is 0 Å². The second-order valence-electron chi connectivity index (χ2n) is 5.85. The molecule has 3 nitrogen and oxygen atoms in total. The number of rotatable bonds is 5. The Morgan fingerprint density at radius 3 is 2.23 bits per heavy atom. The maximum Gasteiger partial charge on any atom is 0.122 e. The summed E-state index contributed by atoms with van der Waals surface area (Å²) in [6.07, 6.45) is 4.97. The van der Waals surface area contributed by atoms with Gasteiger partial charge in [-0.25, -0.2) is 0 Å². The van der Waals surface area contributed by atoms with Crippen molar-refractivity contribution in [1.29, 1.82) is 0 Å². The minimum Gasteiger partial charge on any atom is -0.490 e. The molecule has 2 aromatic carbocycles. The van der Waals surface area contributed by atoms with Gasteiger partial charge in [-0.05, 0) is 79.6 Å². The number of aryl methyl sites for hydroxylation is 3. The molecule has 0 saturated heterocycles. The third kappa shape index (κ3) is 3.53. The van der Waals surface area contributed by atoms with E-state index in [1.165, 1.54) is 36.8 Å². The van der Waals surface area contributed by atoms with Gasteiger partial charge in [0, 0.05) is 5.69 Å². The predicted molar refractivity (Wildman–Crippen MR) is 89.7 cm³/mol. The molecule has 0 spiro atoms. The van der Waals surface area contributed by atoms with E-state index in [4.69, 9.17) is 15.2 Å². The molecule has 0 saturated carbocycles. The molecule has 0 amide bonds. The number of nitrogen functional groups attached to an aromatic ring is 1. The molecule has 0 bridgehead atoms. The standard InChI is InChI=1S/C19H23NO2/c1-14-12-17(8-9-19(14)20)21-10-11-22-18-7-6-15-4-2-3-5-16(15)13-18/h6-9,12-13H,2-5,10-11,20H2,1H3. The molecule has 0 aliphatic heterocycles. The van der Waals surface area contributed by atoms with Crippen LogP contribution in [-0.4, -0.2) is 13.2 Å². The summed E-state index contributed by atoms with van der Waals surface area (Å²) in [6, 6.07) is 12.2. The summed E-state index contributed by atoms with van der Waals surface area (Å²) in [5.41, 5.74) is 10.5. The lowest BCUT2D eigenvalue weighted by molar-refractivity contribution is 0.217. The SMILES string of the molecule is Cc1cc(OCCOc2ccc3c(c2)CCCC3)ccc1N. The molecule has 1 aliphatic carbocycles. The highest BCUT2D eigenvalue weighted by molar-refractivity contribution is 5.49. The van der Waals surface area contributed by atoms with Crippen molar-refractivity contribution in [3.8, 4) is 11.5 Å². The first-order valence-corrected chi connectivity index (χ1v) is 7.96. The molecule has 0 radical (unpaired) electrons. The van der Waals surface area contributed by atoms with E-state index in [0.29, 0.717) is 13.2 Å². The van der Waals surface area contributed by atoms with Crippen LogP contribution in [0.5, 0.6) is 11.5 Å². The van der Waals surface area contributed by atoms with Gasteiger partial charge >= 0.3 is 0 Å². The Kier molecular flexibility index (Phi) is 4.52. The van der Waals surface area contributed by atoms with Crippen molar-refractivity contribution in [3.63, 3.8) is 0 Å². The Hall–Kier alpha value is -2.16. The summed E-state index contributed by atoms with van der Waals surface area (Å²) in [7, 11) is 0. The van der Waals surface area contributed by atoms with Gasteiger partial charge in [-0.1, -0.05) is 6.07 Å². The number of anilines is 1. The van der Waals surface area contributed by atoms with Gasteiger partial charge in [-0.15, -0.1) is 0 Å². The molecular formula is C19H23NO2. The zero-order valence-corrected chi connectivity index (χ0v) is 13.1. The van der Waals surface area contributed by atoms with E-state index in [1.54, 1.807) is 0 Å². The van der Waals surface area contributed by atoms with Crippen molar-refractivity contribution in [2.75, 3.05) is 18.9 Å². The van der Waals surface area contributed by atoms with Crippen LogP contribution < -0.4 is 15.2 Å². The highest BCUT2D eigenvalue weighted by Gasteiger charge is 2.09. The third-order valence-corrected chi connectivity index (χ3v) is 4.18. The maximum atomic E-state index is 5.80. The van der Waals surface area contributed by atoms with E-state index >= 15 is 0 Å². The molecule has 22 heavy (non-hydrogen) atoms. The molecule has 116 valence electrons. The molecule has 0 aromatic heterocycles. The van der Waals surface area contributed by atoms with Crippen molar-refractivity contribution >= 4 is 5.69 Å². The Bertz CT molecular complexity index is 652. The first kappa shape index (κ1) is 14.8. The number of benzene rings is 2. The summed E-state index contributed by atoms with van der Waals surface area (Å²) in [6.45, 7) is 3.05. The molecule has 2 aromatic rings. The Morgan fingerprint density at radius 1 is 0.864 bits per heavy atom. The number of fused-ring (bicyclic) bond motifs is 1. The zero-order chi connectivity index (χ0) is 15.4. The fraction of sp³-hybridized carbons (Fsp3) is 0.368. The van der Waals surface area contributed by atoms with Gasteiger partial charge in [-0.2, -0.15) is 0 Å². The van der Waals surface area contributed by atoms with E-state index in [-0.39, 0.29) is 0 Å². The Labute approximate surface area is 132 Å². The van der Waals surface area contributed by atoms with Crippen LogP contribution in [0.1, 0.15) is 29.5 Å². The number of hydrogen-bond donors (Lipinski definition) is 1. The van der Waals surface area contributed by atoms with Gasteiger partial charge < -0.3 is 15.2 Å². The number of ether oxygens (including phenoxy) is 2. The third-order valence-electron chi connectivity index (χ3n) is 4.18. The second-order valence-corrected chi connectivity index (χ2v) is 5.85. The van der Waals surface area contributed by atoms with E-state index in [0.717, 1.165) is 22.7 Å². The Morgan fingerprint density at radius 2 is 1.50 bits per heavy atom. The van der Waals surface area contributed by atoms with Crippen LogP contribution in [0.4, 0.5) is 5.69 Å². The fourth-order valence-corrected chi connectivity index (χ4v) is 2.86. The molecule has 1 aliphatic rings. The van der Waals surface area contributed by atoms with Gasteiger partial charge in [0.25, 0.3) is 0 Å². The zero-order valence-electron chi connectivity index (χ0n) is 13.1. The monoisotopic (exact) mass is 297 g/mol. The van der Waals surface area contributed by atoms with E-state index in [1.807, 2.05) is 25.1 Å². The maximum absolute atomic E-state index is 5.80. The lowest BCUT2D eigenvalue weighted by Gasteiger charge is -2.17. The number of hydrogen-bond acceptors (Lipinski definition) is 3.